The third-order valence-electron chi connectivity index (χ3n) is 6.20. The summed E-state index contributed by atoms with van der Waals surface area (Å²) in [7, 11) is 0. The highest BCUT2D eigenvalue weighted by molar-refractivity contribution is 5.98. The fraction of sp³-hybridized carbons (Fsp3) is 0.440. The van der Waals surface area contributed by atoms with Crippen LogP contribution in [-0.4, -0.2) is 52.8 Å². The van der Waals surface area contributed by atoms with Gasteiger partial charge in [-0.3, -0.25) is 14.4 Å². The van der Waals surface area contributed by atoms with Crippen molar-refractivity contribution in [1.82, 2.24) is 15.2 Å². The fourth-order valence-electron chi connectivity index (χ4n) is 4.65. The molecule has 2 aromatic rings. The highest BCUT2D eigenvalue weighted by atomic mass is 16.5. The number of rotatable bonds is 2. The number of ether oxygens (including phenoxy) is 1. The molecule has 1 saturated heterocycles. The Kier molecular flexibility index (Phi) is 7.22. The number of aromatic nitrogens is 1. The number of benzene rings is 1. The first kappa shape index (κ1) is 22.8. The maximum absolute atomic E-state index is 13.5. The molecule has 0 spiro atoms. The van der Waals surface area contributed by atoms with Crippen molar-refractivity contribution in [2.24, 2.45) is 0 Å². The van der Waals surface area contributed by atoms with Crippen LogP contribution in [0.25, 0.3) is 0 Å². The van der Waals surface area contributed by atoms with Gasteiger partial charge in [0.25, 0.3) is 11.8 Å². The fourth-order valence-corrected chi connectivity index (χ4v) is 4.65. The number of piperidine rings is 1. The lowest BCUT2D eigenvalue weighted by Gasteiger charge is -2.42. The Morgan fingerprint density at radius 3 is 2.82 bits per heavy atom. The molecule has 174 valence electrons. The molecule has 2 atom stereocenters. The first-order valence-electron chi connectivity index (χ1n) is 11.6. The van der Waals surface area contributed by atoms with Gasteiger partial charge < -0.3 is 20.3 Å². The summed E-state index contributed by atoms with van der Waals surface area (Å²) in [6, 6.07) is 10.3. The zero-order valence-electron chi connectivity index (χ0n) is 18.9. The number of hydrogen-bond donors (Lipinski definition) is 2. The second kappa shape index (κ2) is 10.5. The average Bonchev–Trinajstić information content (AvgIpc) is 2.80. The van der Waals surface area contributed by atoms with Gasteiger partial charge in [0.05, 0.1) is 18.2 Å². The first-order chi connectivity index (χ1) is 16.0. The van der Waals surface area contributed by atoms with Crippen LogP contribution in [0.4, 0.5) is 5.82 Å². The lowest BCUT2D eigenvalue weighted by Crippen LogP contribution is -2.57. The number of nitrogens with one attached hydrogen (secondary N) is 2. The standard InChI is InChI=1S/C25H30N4O4/c1-17(30)27-23-16-18(12-13-26-23)25(32)29-14-7-9-20-21(29)10-3-2-6-15-33-22-11-5-4-8-19(22)24(31)28-20/h4-5,8,11-13,16,20-21H,2-3,6-7,9-10,14-15H2,1H3,(H,28,31)(H,26,27,30)/t20-,21-/m0/s1. The summed E-state index contributed by atoms with van der Waals surface area (Å²) in [4.78, 5) is 44.0. The topological polar surface area (TPSA) is 101 Å². The highest BCUT2D eigenvalue weighted by Crippen LogP contribution is 2.27. The number of anilines is 1. The first-order valence-corrected chi connectivity index (χ1v) is 11.6. The Labute approximate surface area is 193 Å². The second-order valence-electron chi connectivity index (χ2n) is 8.59. The van der Waals surface area contributed by atoms with Crippen molar-refractivity contribution in [1.29, 1.82) is 0 Å². The summed E-state index contributed by atoms with van der Waals surface area (Å²) in [5.41, 5.74) is 1.000. The van der Waals surface area contributed by atoms with Gasteiger partial charge >= 0.3 is 0 Å². The largest absolute Gasteiger partial charge is 0.493 e. The van der Waals surface area contributed by atoms with Gasteiger partial charge in [0.2, 0.25) is 5.91 Å². The van der Waals surface area contributed by atoms with E-state index in [1.807, 2.05) is 23.1 Å². The molecular formula is C25H30N4O4. The Balaban J connectivity index is 1.58. The molecule has 4 rings (SSSR count). The van der Waals surface area contributed by atoms with E-state index in [0.717, 1.165) is 38.5 Å². The molecule has 3 amide bonds. The molecule has 3 heterocycles. The lowest BCUT2D eigenvalue weighted by atomic mass is 9.90. The number of para-hydroxylation sites is 1. The SMILES string of the molecule is CC(=O)Nc1cc(C(=O)N2CCC[C@@H]3NC(=O)c4ccccc4OCCCCC[C@@H]32)ccn1. The zero-order chi connectivity index (χ0) is 23.2. The molecular weight excluding hydrogens is 420 g/mol. The van der Waals surface area contributed by atoms with Crippen molar-refractivity contribution in [3.8, 4) is 5.75 Å². The summed E-state index contributed by atoms with van der Waals surface area (Å²) in [5, 5.41) is 5.82. The van der Waals surface area contributed by atoms with E-state index in [0.29, 0.717) is 35.8 Å². The summed E-state index contributed by atoms with van der Waals surface area (Å²) in [5.74, 6) is 0.427. The average molecular weight is 451 g/mol. The molecule has 1 fully saturated rings. The van der Waals surface area contributed by atoms with Gasteiger partial charge in [0.1, 0.15) is 11.6 Å². The predicted octanol–water partition coefficient (Wildman–Crippen LogP) is 3.40. The van der Waals surface area contributed by atoms with Crippen LogP contribution in [0.1, 0.15) is 66.2 Å². The molecule has 0 radical (unpaired) electrons. The van der Waals surface area contributed by atoms with E-state index in [9.17, 15) is 14.4 Å². The molecule has 0 unspecified atom stereocenters. The minimum absolute atomic E-state index is 0.0971. The molecule has 8 heteroatoms. The molecule has 0 aliphatic carbocycles. The second-order valence-corrected chi connectivity index (χ2v) is 8.59. The van der Waals surface area contributed by atoms with Crippen LogP contribution in [-0.2, 0) is 4.79 Å². The number of amides is 3. The van der Waals surface area contributed by atoms with Crippen LogP contribution in [0, 0.1) is 0 Å². The van der Waals surface area contributed by atoms with Crippen LogP contribution >= 0.6 is 0 Å². The van der Waals surface area contributed by atoms with Crippen molar-refractivity contribution < 1.29 is 19.1 Å². The summed E-state index contributed by atoms with van der Waals surface area (Å²) in [6.07, 6.45) is 6.78. The minimum atomic E-state index is -0.239. The molecule has 8 nitrogen and oxygen atoms in total. The van der Waals surface area contributed by atoms with Gasteiger partial charge in [-0.1, -0.05) is 18.6 Å². The van der Waals surface area contributed by atoms with E-state index in [-0.39, 0.29) is 29.8 Å². The van der Waals surface area contributed by atoms with Crippen molar-refractivity contribution in [2.45, 2.75) is 57.5 Å². The van der Waals surface area contributed by atoms with Crippen LogP contribution in [0.15, 0.2) is 42.6 Å². The maximum Gasteiger partial charge on any atom is 0.255 e. The third kappa shape index (κ3) is 5.50. The van der Waals surface area contributed by atoms with Crippen molar-refractivity contribution in [2.75, 3.05) is 18.5 Å². The van der Waals surface area contributed by atoms with Crippen molar-refractivity contribution in [3.05, 3.63) is 53.7 Å². The quantitative estimate of drug-likeness (QED) is 0.730. The number of likely N-dealkylation sites (tertiary alicyclic amines) is 1. The molecule has 0 bridgehead atoms. The summed E-state index contributed by atoms with van der Waals surface area (Å²) >= 11 is 0. The Bertz CT molecular complexity index is 1020. The predicted molar refractivity (Wildman–Crippen MR) is 124 cm³/mol. The van der Waals surface area contributed by atoms with Crippen LogP contribution < -0.4 is 15.4 Å². The number of hydrogen-bond acceptors (Lipinski definition) is 5. The number of carbonyl (C=O) groups excluding carboxylic acids is 3. The number of nitrogens with zero attached hydrogens (tertiary/aromatic N) is 2. The molecule has 2 aliphatic rings. The Morgan fingerprint density at radius 1 is 1.12 bits per heavy atom. The highest BCUT2D eigenvalue weighted by Gasteiger charge is 2.36. The number of fused-ring (bicyclic) bond motifs is 2. The van der Waals surface area contributed by atoms with Gasteiger partial charge in [-0.15, -0.1) is 0 Å². The normalized spacial score (nSPS) is 21.2. The van der Waals surface area contributed by atoms with Gasteiger partial charge in [-0.05, 0) is 56.4 Å². The molecule has 33 heavy (non-hydrogen) atoms. The lowest BCUT2D eigenvalue weighted by molar-refractivity contribution is -0.114. The maximum atomic E-state index is 13.5. The van der Waals surface area contributed by atoms with Gasteiger partial charge in [-0.25, -0.2) is 4.98 Å². The minimum Gasteiger partial charge on any atom is -0.493 e. The monoisotopic (exact) mass is 450 g/mol. The Hall–Kier alpha value is -3.42. The van der Waals surface area contributed by atoms with Crippen molar-refractivity contribution in [3.63, 3.8) is 0 Å². The summed E-state index contributed by atoms with van der Waals surface area (Å²) in [6.45, 7) is 2.60. The number of pyridine rings is 1. The number of carbonyl (C=O) groups is 3. The summed E-state index contributed by atoms with van der Waals surface area (Å²) < 4.78 is 5.86. The van der Waals surface area contributed by atoms with Gasteiger partial charge in [-0.2, -0.15) is 0 Å². The van der Waals surface area contributed by atoms with E-state index in [2.05, 4.69) is 15.6 Å². The van der Waals surface area contributed by atoms with Gasteiger partial charge in [0, 0.05) is 31.3 Å². The van der Waals surface area contributed by atoms with E-state index >= 15 is 0 Å². The van der Waals surface area contributed by atoms with Gasteiger partial charge in [0.15, 0.2) is 0 Å². The molecule has 2 N–H and O–H groups in total. The zero-order valence-corrected chi connectivity index (χ0v) is 18.9. The molecule has 1 aromatic heterocycles. The van der Waals surface area contributed by atoms with Crippen molar-refractivity contribution >= 4 is 23.5 Å². The molecule has 0 saturated carbocycles. The van der Waals surface area contributed by atoms with E-state index < -0.39 is 0 Å². The third-order valence-corrected chi connectivity index (χ3v) is 6.20. The molecule has 2 aliphatic heterocycles. The van der Waals surface area contributed by atoms with E-state index in [1.54, 1.807) is 18.2 Å². The smallest absolute Gasteiger partial charge is 0.255 e. The van der Waals surface area contributed by atoms with Crippen LogP contribution in [0.3, 0.4) is 0 Å². The van der Waals surface area contributed by atoms with E-state index in [4.69, 9.17) is 4.74 Å². The van der Waals surface area contributed by atoms with E-state index in [1.165, 1.54) is 13.1 Å². The molecule has 1 aromatic carbocycles. The Morgan fingerprint density at radius 2 is 1.97 bits per heavy atom. The van der Waals surface area contributed by atoms with Crippen LogP contribution in [0.2, 0.25) is 0 Å². The van der Waals surface area contributed by atoms with Crippen LogP contribution in [0.5, 0.6) is 5.75 Å².